The summed E-state index contributed by atoms with van der Waals surface area (Å²) in [6.45, 7) is 0. The molecule has 7 heteroatoms. The lowest BCUT2D eigenvalue weighted by atomic mass is 10.2. The van der Waals surface area contributed by atoms with Crippen molar-refractivity contribution >= 4 is 34.5 Å². The number of thiophene rings is 1. The fourth-order valence-corrected chi connectivity index (χ4v) is 3.25. The highest BCUT2D eigenvalue weighted by atomic mass is 32.1. The molecule has 0 atom stereocenters. The third-order valence-electron chi connectivity index (χ3n) is 3.92. The Morgan fingerprint density at radius 3 is 2.29 bits per heavy atom. The Kier molecular flexibility index (Phi) is 4.99. The molecule has 2 amide bonds. The molecule has 4 aromatic rings. The molecular weight excluding hydrogens is 374 g/mol. The van der Waals surface area contributed by atoms with E-state index in [9.17, 15) is 9.59 Å². The van der Waals surface area contributed by atoms with Crippen molar-refractivity contribution in [3.05, 3.63) is 89.4 Å². The normalized spacial score (nSPS) is 10.4. The van der Waals surface area contributed by atoms with Crippen LogP contribution in [0.15, 0.2) is 82.7 Å². The molecular formula is C21H15N3O3S. The Labute approximate surface area is 164 Å². The topological polar surface area (TPSA) is 84.2 Å². The first-order valence-electron chi connectivity index (χ1n) is 8.47. The summed E-state index contributed by atoms with van der Waals surface area (Å²) in [4.78, 5) is 25.6. The third kappa shape index (κ3) is 3.99. The lowest BCUT2D eigenvalue weighted by Crippen LogP contribution is -2.14. The quantitative estimate of drug-likeness (QED) is 0.508. The maximum absolute atomic E-state index is 12.4. The molecule has 0 fully saturated rings. The van der Waals surface area contributed by atoms with Crippen LogP contribution < -0.4 is 10.6 Å². The second kappa shape index (κ2) is 7.89. The monoisotopic (exact) mass is 389 g/mol. The Morgan fingerprint density at radius 1 is 0.821 bits per heavy atom. The minimum atomic E-state index is -0.391. The molecule has 2 N–H and O–H groups in total. The van der Waals surface area contributed by atoms with Crippen molar-refractivity contribution in [3.63, 3.8) is 0 Å². The summed E-state index contributed by atoms with van der Waals surface area (Å²) in [6.07, 6.45) is 0. The number of amides is 2. The largest absolute Gasteiger partial charge is 0.355 e. The maximum atomic E-state index is 12.4. The number of benzene rings is 2. The molecule has 2 aromatic heterocycles. The molecule has 0 unspecified atom stereocenters. The van der Waals surface area contributed by atoms with Gasteiger partial charge in [-0.15, -0.1) is 11.3 Å². The number of anilines is 2. The van der Waals surface area contributed by atoms with E-state index in [0.29, 0.717) is 22.7 Å². The first kappa shape index (κ1) is 17.7. The molecule has 6 nitrogen and oxygen atoms in total. The van der Waals surface area contributed by atoms with Gasteiger partial charge in [-0.3, -0.25) is 9.59 Å². The number of nitrogens with one attached hydrogen (secondary N) is 2. The van der Waals surface area contributed by atoms with Gasteiger partial charge in [-0.05, 0) is 41.8 Å². The highest BCUT2D eigenvalue weighted by Gasteiger charge is 2.15. The average Bonchev–Trinajstić information content (AvgIpc) is 3.41. The van der Waals surface area contributed by atoms with Crippen LogP contribution in [0.1, 0.15) is 20.8 Å². The van der Waals surface area contributed by atoms with Gasteiger partial charge in [0.1, 0.15) is 0 Å². The van der Waals surface area contributed by atoms with Gasteiger partial charge in [-0.1, -0.05) is 35.5 Å². The van der Waals surface area contributed by atoms with E-state index in [0.717, 1.165) is 4.88 Å². The molecule has 0 aliphatic heterocycles. The molecule has 0 radical (unpaired) electrons. The summed E-state index contributed by atoms with van der Waals surface area (Å²) in [7, 11) is 0. The van der Waals surface area contributed by atoms with Crippen LogP contribution in [0, 0.1) is 0 Å². The molecule has 0 saturated carbocycles. The molecule has 2 heterocycles. The maximum Gasteiger partial charge on any atom is 0.277 e. The summed E-state index contributed by atoms with van der Waals surface area (Å²) >= 11 is 1.51. The van der Waals surface area contributed by atoms with Crippen molar-refractivity contribution in [1.29, 1.82) is 0 Å². The summed E-state index contributed by atoms with van der Waals surface area (Å²) in [5.41, 5.74) is 1.85. The molecule has 0 aliphatic rings. The molecule has 2 aromatic carbocycles. The zero-order chi connectivity index (χ0) is 19.3. The van der Waals surface area contributed by atoms with Crippen LogP contribution in [-0.4, -0.2) is 17.0 Å². The SMILES string of the molecule is O=C(Nc1cccc(NC(=O)c2cc(-c3cccs3)on2)c1)c1ccccc1. The van der Waals surface area contributed by atoms with E-state index in [2.05, 4.69) is 15.8 Å². The fourth-order valence-electron chi connectivity index (χ4n) is 2.58. The predicted octanol–water partition coefficient (Wildman–Crippen LogP) is 4.91. The van der Waals surface area contributed by atoms with E-state index in [4.69, 9.17) is 4.52 Å². The summed E-state index contributed by atoms with van der Waals surface area (Å²) in [6, 6.07) is 21.2. The summed E-state index contributed by atoms with van der Waals surface area (Å²) in [5, 5.41) is 11.3. The molecule has 0 spiro atoms. The Hall–Kier alpha value is -3.71. The number of hydrogen-bond donors (Lipinski definition) is 2. The lowest BCUT2D eigenvalue weighted by Gasteiger charge is -2.08. The van der Waals surface area contributed by atoms with Crippen molar-refractivity contribution in [2.75, 3.05) is 10.6 Å². The molecule has 0 bridgehead atoms. The Balaban J connectivity index is 1.44. The molecule has 28 heavy (non-hydrogen) atoms. The minimum Gasteiger partial charge on any atom is -0.355 e. The summed E-state index contributed by atoms with van der Waals surface area (Å²) < 4.78 is 5.24. The van der Waals surface area contributed by atoms with E-state index >= 15 is 0 Å². The van der Waals surface area contributed by atoms with Crippen molar-refractivity contribution in [2.24, 2.45) is 0 Å². The number of rotatable bonds is 5. The van der Waals surface area contributed by atoms with Crippen molar-refractivity contribution in [1.82, 2.24) is 5.16 Å². The third-order valence-corrected chi connectivity index (χ3v) is 4.81. The van der Waals surface area contributed by atoms with Gasteiger partial charge in [0, 0.05) is 23.0 Å². The standard InChI is InChI=1S/C21H15N3O3S/c25-20(14-6-2-1-3-7-14)22-15-8-4-9-16(12-15)23-21(26)17-13-18(27-24-17)19-10-5-11-28-19/h1-13H,(H,22,25)(H,23,26). The van der Waals surface area contributed by atoms with Crippen molar-refractivity contribution < 1.29 is 14.1 Å². The van der Waals surface area contributed by atoms with E-state index in [1.54, 1.807) is 54.6 Å². The molecule has 0 aliphatic carbocycles. The van der Waals surface area contributed by atoms with Crippen LogP contribution in [0.2, 0.25) is 0 Å². The Morgan fingerprint density at radius 2 is 1.57 bits per heavy atom. The number of aromatic nitrogens is 1. The van der Waals surface area contributed by atoms with Crippen molar-refractivity contribution in [3.8, 4) is 10.6 Å². The van der Waals surface area contributed by atoms with Crippen LogP contribution in [0.3, 0.4) is 0 Å². The predicted molar refractivity (Wildman–Crippen MR) is 109 cm³/mol. The first-order valence-corrected chi connectivity index (χ1v) is 9.35. The molecule has 138 valence electrons. The van der Waals surface area contributed by atoms with Crippen LogP contribution in [-0.2, 0) is 0 Å². The van der Waals surface area contributed by atoms with Gasteiger partial charge in [0.15, 0.2) is 11.5 Å². The lowest BCUT2D eigenvalue weighted by molar-refractivity contribution is 0.101. The zero-order valence-corrected chi connectivity index (χ0v) is 15.4. The minimum absolute atomic E-state index is 0.183. The van der Waals surface area contributed by atoms with Gasteiger partial charge in [0.05, 0.1) is 4.88 Å². The Bertz CT molecular complexity index is 1100. The van der Waals surface area contributed by atoms with Gasteiger partial charge in [0.25, 0.3) is 11.8 Å². The number of carbonyl (C=O) groups is 2. The number of nitrogens with zero attached hydrogens (tertiary/aromatic N) is 1. The molecule has 4 rings (SSSR count). The van der Waals surface area contributed by atoms with Crippen molar-refractivity contribution in [2.45, 2.75) is 0 Å². The van der Waals surface area contributed by atoms with Gasteiger partial charge >= 0.3 is 0 Å². The van der Waals surface area contributed by atoms with E-state index in [1.165, 1.54) is 11.3 Å². The second-order valence-corrected chi connectivity index (χ2v) is 6.86. The molecule has 0 saturated heterocycles. The highest BCUT2D eigenvalue weighted by molar-refractivity contribution is 7.13. The smallest absolute Gasteiger partial charge is 0.277 e. The van der Waals surface area contributed by atoms with Gasteiger partial charge in [0.2, 0.25) is 0 Å². The van der Waals surface area contributed by atoms with Gasteiger partial charge < -0.3 is 15.2 Å². The fraction of sp³-hybridized carbons (Fsp3) is 0. The van der Waals surface area contributed by atoms with E-state index in [-0.39, 0.29) is 11.6 Å². The average molecular weight is 389 g/mol. The van der Waals surface area contributed by atoms with Gasteiger partial charge in [-0.2, -0.15) is 0 Å². The van der Waals surface area contributed by atoms with Gasteiger partial charge in [-0.25, -0.2) is 0 Å². The highest BCUT2D eigenvalue weighted by Crippen LogP contribution is 2.25. The summed E-state index contributed by atoms with van der Waals surface area (Å²) in [5.74, 6) is -0.0664. The van der Waals surface area contributed by atoms with Crippen LogP contribution in [0.25, 0.3) is 10.6 Å². The van der Waals surface area contributed by atoms with Crippen LogP contribution in [0.5, 0.6) is 0 Å². The number of carbonyl (C=O) groups excluding carboxylic acids is 2. The zero-order valence-electron chi connectivity index (χ0n) is 14.6. The first-order chi connectivity index (χ1) is 13.7. The second-order valence-electron chi connectivity index (χ2n) is 5.91. The van der Waals surface area contributed by atoms with E-state index < -0.39 is 5.91 Å². The van der Waals surface area contributed by atoms with E-state index in [1.807, 2.05) is 23.6 Å². The van der Waals surface area contributed by atoms with Crippen LogP contribution >= 0.6 is 11.3 Å². The van der Waals surface area contributed by atoms with Crippen LogP contribution in [0.4, 0.5) is 11.4 Å². The number of hydrogen-bond acceptors (Lipinski definition) is 5.